The van der Waals surface area contributed by atoms with Crippen LogP contribution in [-0.2, 0) is 5.88 Å². The van der Waals surface area contributed by atoms with Gasteiger partial charge in [-0.05, 0) is 36.4 Å². The lowest BCUT2D eigenvalue weighted by atomic mass is 10.2. The summed E-state index contributed by atoms with van der Waals surface area (Å²) >= 11 is 1.28. The van der Waals surface area contributed by atoms with Crippen LogP contribution in [0.15, 0.2) is 42.9 Å². The first-order valence-electron chi connectivity index (χ1n) is 9.04. The van der Waals surface area contributed by atoms with Crippen molar-refractivity contribution in [3.8, 4) is 34.4 Å². The van der Waals surface area contributed by atoms with Gasteiger partial charge in [-0.1, -0.05) is 0 Å². The monoisotopic (exact) mass is 443 g/mol. The van der Waals surface area contributed by atoms with E-state index < -0.39 is 10.7 Å². The van der Waals surface area contributed by atoms with Crippen molar-refractivity contribution >= 4 is 11.8 Å². The van der Waals surface area contributed by atoms with Crippen LogP contribution in [0.1, 0.15) is 6.92 Å². The fourth-order valence-electron chi connectivity index (χ4n) is 2.40. The highest BCUT2D eigenvalue weighted by molar-refractivity contribution is 7.99. The lowest BCUT2D eigenvalue weighted by molar-refractivity contribution is 0.259. The topological polar surface area (TPSA) is 154 Å². The molecule has 0 bridgehead atoms. The van der Waals surface area contributed by atoms with Crippen LogP contribution in [0.25, 0.3) is 22.8 Å². The summed E-state index contributed by atoms with van der Waals surface area (Å²) < 4.78 is 19.8. The van der Waals surface area contributed by atoms with Crippen LogP contribution in [0.2, 0.25) is 0 Å². The number of tetrazole rings is 1. The van der Waals surface area contributed by atoms with Crippen LogP contribution >= 0.6 is 11.8 Å². The quantitative estimate of drug-likeness (QED) is 0.344. The van der Waals surface area contributed by atoms with E-state index in [1.54, 1.807) is 31.3 Å². The van der Waals surface area contributed by atoms with Crippen molar-refractivity contribution in [1.82, 2.24) is 40.4 Å². The molecule has 0 unspecified atom stereocenters. The normalized spacial score (nSPS) is 13.2. The summed E-state index contributed by atoms with van der Waals surface area (Å²) in [5.74, 6) is 0.138. The smallest absolute Gasteiger partial charge is 0.255 e. The minimum absolute atomic E-state index is 0.173. The van der Waals surface area contributed by atoms with Crippen LogP contribution in [0.4, 0.5) is 4.39 Å². The Morgan fingerprint density at radius 2 is 2.16 bits per heavy atom. The Balaban J connectivity index is 1.42. The Morgan fingerprint density at radius 3 is 2.84 bits per heavy atom. The van der Waals surface area contributed by atoms with Gasteiger partial charge in [0.05, 0.1) is 23.4 Å². The average molecular weight is 443 g/mol. The molecule has 31 heavy (non-hydrogen) atoms. The maximum atomic E-state index is 14.4. The van der Waals surface area contributed by atoms with Gasteiger partial charge in [0.15, 0.2) is 5.82 Å². The molecule has 0 fully saturated rings. The number of pyridine rings is 2. The largest absolute Gasteiger partial charge is 0.435 e. The number of H-pyrrole nitrogens is 1. The van der Waals surface area contributed by atoms with Crippen LogP contribution in [0.3, 0.4) is 0 Å². The molecule has 0 spiro atoms. The number of aromatic amines is 1. The van der Waals surface area contributed by atoms with Crippen molar-refractivity contribution in [2.24, 2.45) is 5.73 Å². The molecule has 160 valence electrons. The summed E-state index contributed by atoms with van der Waals surface area (Å²) in [5.41, 5.74) is 7.53. The van der Waals surface area contributed by atoms with Crippen molar-refractivity contribution in [2.75, 3.05) is 6.61 Å². The first-order valence-corrected chi connectivity index (χ1v) is 10.0. The lowest BCUT2D eigenvalue weighted by Gasteiger charge is -2.19. The Labute approximate surface area is 179 Å². The van der Waals surface area contributed by atoms with Crippen LogP contribution in [-0.4, -0.2) is 57.0 Å². The first-order chi connectivity index (χ1) is 14.9. The van der Waals surface area contributed by atoms with E-state index in [0.717, 1.165) is 0 Å². The highest BCUT2D eigenvalue weighted by Gasteiger charge is 2.18. The van der Waals surface area contributed by atoms with E-state index in [1.807, 2.05) is 0 Å². The fourth-order valence-corrected chi connectivity index (χ4v) is 3.01. The van der Waals surface area contributed by atoms with Crippen LogP contribution < -0.4 is 10.5 Å². The van der Waals surface area contributed by atoms with Gasteiger partial charge in [-0.25, -0.2) is 14.4 Å². The maximum absolute atomic E-state index is 14.4. The van der Waals surface area contributed by atoms with E-state index in [4.69, 9.17) is 10.5 Å². The third-order valence-electron chi connectivity index (χ3n) is 4.08. The molecule has 1 atom stereocenters. The third-order valence-corrected chi connectivity index (χ3v) is 5.22. The summed E-state index contributed by atoms with van der Waals surface area (Å²) in [6.45, 7) is 1.53. The molecule has 0 aliphatic rings. The van der Waals surface area contributed by atoms with Gasteiger partial charge < -0.3 is 15.6 Å². The second-order valence-electron chi connectivity index (χ2n) is 6.69. The highest BCUT2D eigenvalue weighted by atomic mass is 32.2. The van der Waals surface area contributed by atoms with Crippen LogP contribution in [0.5, 0.6) is 11.6 Å². The number of ether oxygens (including phenoxy) is 1. The molecule has 0 saturated carbocycles. The standard InChI is InChI=1S/C18H18FN9O2S/c1-18(20,9-29)31-10-28-26-16(25-27-28)15-3-2-12(8-21-15)30-17-13(19)6-11(7-22-17)14-4-5-23-24-14/h2-8,29H,9-10,20H2,1H3,(H,23,24)/t18-/m1/s1. The van der Waals surface area contributed by atoms with E-state index in [1.165, 1.54) is 35.0 Å². The van der Waals surface area contributed by atoms with Gasteiger partial charge in [-0.15, -0.1) is 22.0 Å². The second-order valence-corrected chi connectivity index (χ2v) is 8.17. The molecule has 0 radical (unpaired) electrons. The second kappa shape index (κ2) is 8.75. The Kier molecular flexibility index (Phi) is 5.88. The van der Waals surface area contributed by atoms with Crippen molar-refractivity contribution in [1.29, 1.82) is 0 Å². The first kappa shape index (κ1) is 20.8. The molecule has 4 rings (SSSR count). The summed E-state index contributed by atoms with van der Waals surface area (Å²) in [7, 11) is 0. The number of nitrogens with two attached hydrogens (primary N) is 1. The van der Waals surface area contributed by atoms with E-state index in [0.29, 0.717) is 34.4 Å². The average Bonchev–Trinajstić information content (AvgIpc) is 3.47. The number of nitrogens with zero attached hydrogens (tertiary/aromatic N) is 7. The number of thioether (sulfide) groups is 1. The van der Waals surface area contributed by atoms with Crippen LogP contribution in [0, 0.1) is 5.82 Å². The van der Waals surface area contributed by atoms with E-state index >= 15 is 0 Å². The van der Waals surface area contributed by atoms with Gasteiger partial charge in [0.25, 0.3) is 5.88 Å². The number of aromatic nitrogens is 8. The molecule has 0 amide bonds. The molecule has 0 aromatic carbocycles. The molecule has 0 aliphatic heterocycles. The predicted molar refractivity (Wildman–Crippen MR) is 110 cm³/mol. The fraction of sp³-hybridized carbons (Fsp3) is 0.222. The number of aliphatic hydroxyl groups is 1. The van der Waals surface area contributed by atoms with Crippen molar-refractivity contribution < 1.29 is 14.2 Å². The number of hydrogen-bond acceptors (Lipinski definition) is 10. The molecular formula is C18H18FN9O2S. The third kappa shape index (κ3) is 5.02. The van der Waals surface area contributed by atoms with Crippen molar-refractivity contribution in [2.45, 2.75) is 17.7 Å². The number of aliphatic hydroxyl groups excluding tert-OH is 1. The molecule has 4 aromatic rings. The number of halogens is 1. The van der Waals surface area contributed by atoms with Gasteiger partial charge in [-0.2, -0.15) is 9.90 Å². The molecule has 4 heterocycles. The summed E-state index contributed by atoms with van der Waals surface area (Å²) in [6.07, 6.45) is 4.47. The Hall–Kier alpha value is -3.42. The molecule has 11 nitrogen and oxygen atoms in total. The Morgan fingerprint density at radius 1 is 1.29 bits per heavy atom. The van der Waals surface area contributed by atoms with Crippen molar-refractivity contribution in [3.63, 3.8) is 0 Å². The molecule has 0 saturated heterocycles. The van der Waals surface area contributed by atoms with Gasteiger partial charge >= 0.3 is 0 Å². The Bertz CT molecular complexity index is 1150. The molecule has 13 heteroatoms. The molecule has 0 aliphatic carbocycles. The lowest BCUT2D eigenvalue weighted by Crippen LogP contribution is -2.36. The summed E-state index contributed by atoms with van der Waals surface area (Å²) in [4.78, 5) is 8.81. The minimum Gasteiger partial charge on any atom is -0.435 e. The summed E-state index contributed by atoms with van der Waals surface area (Å²) in [6, 6.07) is 6.25. The maximum Gasteiger partial charge on any atom is 0.255 e. The zero-order valence-corrected chi connectivity index (χ0v) is 17.1. The molecule has 4 aromatic heterocycles. The van der Waals surface area contributed by atoms with Gasteiger partial charge in [0, 0.05) is 18.0 Å². The van der Waals surface area contributed by atoms with Crippen molar-refractivity contribution in [3.05, 3.63) is 48.7 Å². The molecule has 4 N–H and O–H groups in total. The summed E-state index contributed by atoms with van der Waals surface area (Å²) in [5, 5.41) is 27.9. The number of hydrogen-bond donors (Lipinski definition) is 3. The van der Waals surface area contributed by atoms with E-state index in [-0.39, 0.29) is 12.5 Å². The van der Waals surface area contributed by atoms with Gasteiger partial charge in [-0.3, -0.25) is 5.10 Å². The van der Waals surface area contributed by atoms with Gasteiger partial charge in [0.1, 0.15) is 17.3 Å². The SMILES string of the molecule is C[C@](N)(CO)SCn1nnc(-c2ccc(Oc3ncc(-c4ccn[nH]4)cc3F)cn2)n1. The zero-order valence-electron chi connectivity index (χ0n) is 16.3. The minimum atomic E-state index is -0.801. The predicted octanol–water partition coefficient (Wildman–Crippen LogP) is 1.81. The van der Waals surface area contributed by atoms with E-state index in [9.17, 15) is 9.50 Å². The molecular weight excluding hydrogens is 425 g/mol. The highest BCUT2D eigenvalue weighted by Crippen LogP contribution is 2.26. The van der Waals surface area contributed by atoms with Gasteiger partial charge in [0.2, 0.25) is 5.82 Å². The van der Waals surface area contributed by atoms with E-state index in [2.05, 4.69) is 35.6 Å². The number of rotatable bonds is 8. The zero-order chi connectivity index (χ0) is 21.8. The number of nitrogens with one attached hydrogen (secondary N) is 1.